The summed E-state index contributed by atoms with van der Waals surface area (Å²) in [5.41, 5.74) is 0.641. The van der Waals surface area contributed by atoms with Crippen molar-refractivity contribution in [3.8, 4) is 0 Å². The van der Waals surface area contributed by atoms with Gasteiger partial charge in [0.25, 0.3) is 5.56 Å². The van der Waals surface area contributed by atoms with Crippen molar-refractivity contribution in [2.45, 2.75) is 45.4 Å². The molecule has 0 radical (unpaired) electrons. The number of aromatic nitrogens is 2. The Morgan fingerprint density at radius 1 is 1.52 bits per heavy atom. The van der Waals surface area contributed by atoms with Crippen molar-refractivity contribution in [1.82, 2.24) is 15.1 Å². The van der Waals surface area contributed by atoms with E-state index < -0.39 is 0 Å². The van der Waals surface area contributed by atoms with Crippen LogP contribution >= 0.6 is 0 Å². The summed E-state index contributed by atoms with van der Waals surface area (Å²) >= 11 is 0. The van der Waals surface area contributed by atoms with Crippen molar-refractivity contribution >= 4 is 5.69 Å². The van der Waals surface area contributed by atoms with Gasteiger partial charge in [-0.1, -0.05) is 6.92 Å². The number of nitrogens with one attached hydrogen (secondary N) is 1. The van der Waals surface area contributed by atoms with Gasteiger partial charge in [-0.25, -0.2) is 4.68 Å². The highest BCUT2D eigenvalue weighted by Crippen LogP contribution is 2.21. The molecule has 1 N–H and O–H groups in total. The zero-order valence-corrected chi connectivity index (χ0v) is 13.4. The summed E-state index contributed by atoms with van der Waals surface area (Å²) in [6, 6.07) is 1.94. The maximum absolute atomic E-state index is 12.2. The van der Waals surface area contributed by atoms with E-state index in [0.717, 1.165) is 25.2 Å². The van der Waals surface area contributed by atoms with Gasteiger partial charge >= 0.3 is 0 Å². The minimum Gasteiger partial charge on any atom is -0.372 e. The van der Waals surface area contributed by atoms with Gasteiger partial charge in [0, 0.05) is 25.2 Å². The molecule has 1 atom stereocenters. The molecular weight excluding hydrogens is 268 g/mol. The average Bonchev–Trinajstić information content (AvgIpc) is 2.45. The number of rotatable bonds is 5. The van der Waals surface area contributed by atoms with E-state index in [1.807, 2.05) is 7.05 Å². The normalized spacial score (nSPS) is 19.5. The summed E-state index contributed by atoms with van der Waals surface area (Å²) in [6.07, 6.45) is 2.75. The average molecular weight is 294 g/mol. The summed E-state index contributed by atoms with van der Waals surface area (Å²) in [4.78, 5) is 14.4. The van der Waals surface area contributed by atoms with Crippen LogP contribution in [0.5, 0.6) is 0 Å². The van der Waals surface area contributed by atoms with Gasteiger partial charge in [-0.2, -0.15) is 5.10 Å². The molecule has 0 amide bonds. The Morgan fingerprint density at radius 2 is 2.29 bits per heavy atom. The quantitative estimate of drug-likeness (QED) is 0.873. The molecule has 0 spiro atoms. The maximum atomic E-state index is 12.2. The second-order valence-electron chi connectivity index (χ2n) is 6.16. The molecule has 0 aromatic carbocycles. The van der Waals surface area contributed by atoms with Crippen LogP contribution in [0.25, 0.3) is 0 Å². The Bertz CT molecular complexity index is 523. The molecule has 1 unspecified atom stereocenters. The highest BCUT2D eigenvalue weighted by Gasteiger charge is 2.27. The Hall–Kier alpha value is -1.40. The predicted octanol–water partition coefficient (Wildman–Crippen LogP) is 0.857. The predicted molar refractivity (Wildman–Crippen MR) is 83.9 cm³/mol. The first kappa shape index (κ1) is 16.0. The first-order valence-electron chi connectivity index (χ1n) is 7.58. The molecule has 21 heavy (non-hydrogen) atoms. The lowest BCUT2D eigenvalue weighted by molar-refractivity contribution is -0.0277. The first-order chi connectivity index (χ1) is 9.95. The van der Waals surface area contributed by atoms with Crippen molar-refractivity contribution in [1.29, 1.82) is 0 Å². The zero-order chi connectivity index (χ0) is 15.5. The number of likely N-dealkylation sites (N-methyl/N-ethyl adjacent to an activating group) is 1. The van der Waals surface area contributed by atoms with Crippen molar-refractivity contribution < 1.29 is 4.74 Å². The molecule has 2 heterocycles. The van der Waals surface area contributed by atoms with E-state index in [1.165, 1.54) is 4.68 Å². The molecule has 6 nitrogen and oxygen atoms in total. The Labute approximate surface area is 126 Å². The summed E-state index contributed by atoms with van der Waals surface area (Å²) in [7, 11) is 1.91. The molecule has 0 saturated carbocycles. The Balaban J connectivity index is 2.13. The van der Waals surface area contributed by atoms with E-state index in [1.54, 1.807) is 12.3 Å². The van der Waals surface area contributed by atoms with Crippen LogP contribution in [0, 0.1) is 0 Å². The molecule has 1 aliphatic heterocycles. The third-order valence-corrected chi connectivity index (χ3v) is 3.94. The van der Waals surface area contributed by atoms with Gasteiger partial charge in [0.15, 0.2) is 0 Å². The fraction of sp³-hybridized carbons (Fsp3) is 0.733. The fourth-order valence-corrected chi connectivity index (χ4v) is 2.60. The third-order valence-electron chi connectivity index (χ3n) is 3.94. The number of hydrogen-bond donors (Lipinski definition) is 1. The second kappa shape index (κ2) is 6.58. The minimum absolute atomic E-state index is 0.0505. The molecule has 1 aliphatic rings. The molecule has 0 bridgehead atoms. The molecule has 6 heteroatoms. The number of hydrogen-bond acceptors (Lipinski definition) is 5. The topological polar surface area (TPSA) is 59.4 Å². The van der Waals surface area contributed by atoms with Crippen LogP contribution in [0.1, 0.15) is 27.2 Å². The lowest BCUT2D eigenvalue weighted by Gasteiger charge is -2.39. The fourth-order valence-electron chi connectivity index (χ4n) is 2.60. The SMILES string of the molecule is CCC(Cn1ncc(N2CCOC(C)(C)C2)cc1=O)NC. The minimum atomic E-state index is -0.188. The summed E-state index contributed by atoms with van der Waals surface area (Å²) < 4.78 is 7.23. The van der Waals surface area contributed by atoms with Crippen molar-refractivity contribution in [3.63, 3.8) is 0 Å². The standard InChI is InChI=1S/C15H26N4O2/c1-5-12(16-4)10-19-14(20)8-13(9-17-19)18-6-7-21-15(2,3)11-18/h8-9,12,16H,5-7,10-11H2,1-4H3. The van der Waals surface area contributed by atoms with Crippen molar-refractivity contribution in [2.75, 3.05) is 31.6 Å². The largest absolute Gasteiger partial charge is 0.372 e. The van der Waals surface area contributed by atoms with Gasteiger partial charge in [-0.05, 0) is 27.3 Å². The van der Waals surface area contributed by atoms with Gasteiger partial charge in [0.1, 0.15) is 0 Å². The lowest BCUT2D eigenvalue weighted by atomic mass is 10.1. The van der Waals surface area contributed by atoms with Gasteiger partial charge in [0.05, 0.1) is 30.6 Å². The van der Waals surface area contributed by atoms with E-state index in [4.69, 9.17) is 4.74 Å². The number of ether oxygens (including phenoxy) is 1. The molecular formula is C15H26N4O2. The highest BCUT2D eigenvalue weighted by molar-refractivity contribution is 5.43. The van der Waals surface area contributed by atoms with Crippen LogP contribution in [-0.2, 0) is 11.3 Å². The number of nitrogens with zero attached hydrogens (tertiary/aromatic N) is 3. The monoisotopic (exact) mass is 294 g/mol. The molecule has 2 rings (SSSR count). The van der Waals surface area contributed by atoms with E-state index in [2.05, 4.69) is 36.1 Å². The van der Waals surface area contributed by atoms with E-state index in [9.17, 15) is 4.79 Å². The Kier molecular flexibility index (Phi) is 5.00. The van der Waals surface area contributed by atoms with Gasteiger partial charge < -0.3 is 15.0 Å². The molecule has 1 aromatic heterocycles. The van der Waals surface area contributed by atoms with Crippen LogP contribution in [0.4, 0.5) is 5.69 Å². The molecule has 0 aliphatic carbocycles. The van der Waals surface area contributed by atoms with Crippen LogP contribution in [-0.4, -0.2) is 48.2 Å². The van der Waals surface area contributed by atoms with E-state index >= 15 is 0 Å². The van der Waals surface area contributed by atoms with E-state index in [-0.39, 0.29) is 17.2 Å². The maximum Gasteiger partial charge on any atom is 0.268 e. The van der Waals surface area contributed by atoms with Gasteiger partial charge in [-0.3, -0.25) is 4.79 Å². The van der Waals surface area contributed by atoms with Crippen LogP contribution in [0.2, 0.25) is 0 Å². The third kappa shape index (κ3) is 4.04. The zero-order valence-electron chi connectivity index (χ0n) is 13.4. The van der Waals surface area contributed by atoms with Crippen LogP contribution < -0.4 is 15.8 Å². The smallest absolute Gasteiger partial charge is 0.268 e. The summed E-state index contributed by atoms with van der Waals surface area (Å²) in [5.74, 6) is 0. The van der Waals surface area contributed by atoms with Gasteiger partial charge in [-0.15, -0.1) is 0 Å². The summed E-state index contributed by atoms with van der Waals surface area (Å²) in [5, 5.41) is 7.51. The number of anilines is 1. The molecule has 118 valence electrons. The van der Waals surface area contributed by atoms with Crippen LogP contribution in [0.15, 0.2) is 17.1 Å². The Morgan fingerprint density at radius 3 is 2.86 bits per heavy atom. The van der Waals surface area contributed by atoms with Crippen molar-refractivity contribution in [3.05, 3.63) is 22.6 Å². The van der Waals surface area contributed by atoms with E-state index in [0.29, 0.717) is 13.2 Å². The number of morpholine rings is 1. The van der Waals surface area contributed by atoms with Crippen molar-refractivity contribution in [2.24, 2.45) is 0 Å². The summed E-state index contributed by atoms with van der Waals surface area (Å²) in [6.45, 7) is 9.05. The molecule has 1 aromatic rings. The van der Waals surface area contributed by atoms with Gasteiger partial charge in [0.2, 0.25) is 0 Å². The van der Waals surface area contributed by atoms with Crippen LogP contribution in [0.3, 0.4) is 0 Å². The highest BCUT2D eigenvalue weighted by atomic mass is 16.5. The first-order valence-corrected chi connectivity index (χ1v) is 7.58. The lowest BCUT2D eigenvalue weighted by Crippen LogP contribution is -2.48. The molecule has 1 fully saturated rings. The molecule has 1 saturated heterocycles. The second-order valence-corrected chi connectivity index (χ2v) is 6.16.